The molecule has 2 heterocycles. The highest BCUT2D eigenvalue weighted by atomic mass is 33.1. The Hall–Kier alpha value is -1.40. The fraction of sp³-hybridized carbons (Fsp3) is 0.375. The Bertz CT molecular complexity index is 729. The van der Waals surface area contributed by atoms with Crippen molar-refractivity contribution >= 4 is 32.6 Å². The van der Waals surface area contributed by atoms with Crippen molar-refractivity contribution in [2.45, 2.75) is 42.6 Å². The number of benzene rings is 1. The van der Waals surface area contributed by atoms with Gasteiger partial charge in [0.25, 0.3) is 11.1 Å². The molecule has 0 unspecified atom stereocenters. The summed E-state index contributed by atoms with van der Waals surface area (Å²) in [7, 11) is 3.44. The van der Waals surface area contributed by atoms with E-state index in [4.69, 9.17) is 8.83 Å². The molecule has 1 aliphatic carbocycles. The topological polar surface area (TPSA) is 52.1 Å². The van der Waals surface area contributed by atoms with Crippen LogP contribution in [0.2, 0.25) is 0 Å². The van der Waals surface area contributed by atoms with Crippen LogP contribution < -0.4 is 0 Å². The maximum Gasteiger partial charge on any atom is 0.287 e. The van der Waals surface area contributed by atoms with Gasteiger partial charge in [0, 0.05) is 21.4 Å². The standard InChI is InChI=1S/C16H16N2O2S2/c1-2-7-12(8-3-1)21-22-16-18-17-15(20-16)14-10-11-6-4-5-9-13(11)19-14/h4-6,9-10,12H,1-3,7-8H2. The van der Waals surface area contributed by atoms with Gasteiger partial charge in [-0.1, -0.05) is 53.4 Å². The average molecular weight is 332 g/mol. The second kappa shape index (κ2) is 6.38. The van der Waals surface area contributed by atoms with Gasteiger partial charge in [0.05, 0.1) is 0 Å². The highest BCUT2D eigenvalue weighted by Gasteiger charge is 2.18. The van der Waals surface area contributed by atoms with Crippen LogP contribution in [0.3, 0.4) is 0 Å². The number of hydrogen-bond acceptors (Lipinski definition) is 6. The number of fused-ring (bicyclic) bond motifs is 1. The van der Waals surface area contributed by atoms with E-state index < -0.39 is 0 Å². The monoisotopic (exact) mass is 332 g/mol. The molecule has 0 amide bonds. The van der Waals surface area contributed by atoms with E-state index in [0.29, 0.717) is 22.1 Å². The Kier molecular flexibility index (Phi) is 4.12. The van der Waals surface area contributed by atoms with Crippen LogP contribution in [0.4, 0.5) is 0 Å². The van der Waals surface area contributed by atoms with Gasteiger partial charge in [-0.2, -0.15) is 0 Å². The predicted molar refractivity (Wildman–Crippen MR) is 89.8 cm³/mol. The van der Waals surface area contributed by atoms with E-state index in [1.54, 1.807) is 10.8 Å². The van der Waals surface area contributed by atoms with E-state index in [1.807, 2.05) is 41.1 Å². The van der Waals surface area contributed by atoms with Gasteiger partial charge in [-0.15, -0.1) is 5.10 Å². The molecule has 22 heavy (non-hydrogen) atoms. The minimum Gasteiger partial charge on any atom is -0.451 e. The van der Waals surface area contributed by atoms with Gasteiger partial charge < -0.3 is 8.83 Å². The normalized spacial score (nSPS) is 16.4. The van der Waals surface area contributed by atoms with E-state index in [1.165, 1.54) is 32.1 Å². The molecule has 3 aromatic rings. The van der Waals surface area contributed by atoms with Crippen LogP contribution in [0.25, 0.3) is 22.6 Å². The highest BCUT2D eigenvalue weighted by molar-refractivity contribution is 8.76. The summed E-state index contributed by atoms with van der Waals surface area (Å²) in [5.41, 5.74) is 0.835. The van der Waals surface area contributed by atoms with Gasteiger partial charge in [-0.05, 0) is 25.0 Å². The highest BCUT2D eigenvalue weighted by Crippen LogP contribution is 2.40. The maximum atomic E-state index is 5.75. The van der Waals surface area contributed by atoms with Crippen molar-refractivity contribution in [1.82, 2.24) is 10.2 Å². The second-order valence-electron chi connectivity index (χ2n) is 5.46. The quantitative estimate of drug-likeness (QED) is 0.583. The first kappa shape index (κ1) is 14.2. The van der Waals surface area contributed by atoms with Gasteiger partial charge in [-0.3, -0.25) is 0 Å². The van der Waals surface area contributed by atoms with Crippen molar-refractivity contribution in [2.75, 3.05) is 0 Å². The van der Waals surface area contributed by atoms with Crippen molar-refractivity contribution in [3.63, 3.8) is 0 Å². The Morgan fingerprint density at radius 2 is 1.86 bits per heavy atom. The van der Waals surface area contributed by atoms with Crippen LogP contribution >= 0.6 is 21.6 Å². The molecule has 1 fully saturated rings. The number of para-hydroxylation sites is 1. The summed E-state index contributed by atoms with van der Waals surface area (Å²) in [5, 5.41) is 10.6. The summed E-state index contributed by atoms with van der Waals surface area (Å²) in [6.45, 7) is 0. The van der Waals surface area contributed by atoms with Gasteiger partial charge in [0.15, 0.2) is 5.76 Å². The lowest BCUT2D eigenvalue weighted by atomic mass is 10.0. The number of hydrogen-bond donors (Lipinski definition) is 0. The number of rotatable bonds is 4. The summed E-state index contributed by atoms with van der Waals surface area (Å²) in [6.07, 6.45) is 6.64. The maximum absolute atomic E-state index is 5.75. The molecule has 0 N–H and O–H groups in total. The molecule has 4 nitrogen and oxygen atoms in total. The zero-order chi connectivity index (χ0) is 14.8. The molecule has 0 bridgehead atoms. The van der Waals surface area contributed by atoms with Crippen molar-refractivity contribution in [3.05, 3.63) is 30.3 Å². The summed E-state index contributed by atoms with van der Waals surface area (Å²) in [5.74, 6) is 1.08. The van der Waals surface area contributed by atoms with Crippen LogP contribution in [0, 0.1) is 0 Å². The first-order valence-corrected chi connectivity index (χ1v) is 9.75. The minimum absolute atomic E-state index is 0.447. The summed E-state index contributed by atoms with van der Waals surface area (Å²) < 4.78 is 11.5. The first-order valence-electron chi connectivity index (χ1n) is 7.54. The summed E-state index contributed by atoms with van der Waals surface area (Å²) in [4.78, 5) is 0. The third-order valence-electron chi connectivity index (χ3n) is 3.85. The fourth-order valence-electron chi connectivity index (χ4n) is 2.70. The first-order chi connectivity index (χ1) is 10.9. The summed E-state index contributed by atoms with van der Waals surface area (Å²) in [6, 6.07) is 9.81. The van der Waals surface area contributed by atoms with Crippen LogP contribution in [-0.4, -0.2) is 15.4 Å². The smallest absolute Gasteiger partial charge is 0.287 e. The molecule has 4 rings (SSSR count). The largest absolute Gasteiger partial charge is 0.451 e. The fourth-order valence-corrected chi connectivity index (χ4v) is 5.07. The average Bonchev–Trinajstić information content (AvgIpc) is 3.20. The van der Waals surface area contributed by atoms with Gasteiger partial charge in [-0.25, -0.2) is 0 Å². The van der Waals surface area contributed by atoms with Crippen LogP contribution in [0.1, 0.15) is 32.1 Å². The summed E-state index contributed by atoms with van der Waals surface area (Å²) >= 11 is 0. The molecule has 1 aromatic carbocycles. The molecule has 1 aliphatic rings. The molecule has 6 heteroatoms. The number of nitrogens with zero attached hydrogens (tertiary/aromatic N) is 2. The minimum atomic E-state index is 0.447. The zero-order valence-corrected chi connectivity index (χ0v) is 13.7. The number of furan rings is 1. The van der Waals surface area contributed by atoms with Crippen LogP contribution in [-0.2, 0) is 0 Å². The molecular weight excluding hydrogens is 316 g/mol. The molecule has 2 aromatic heterocycles. The van der Waals surface area contributed by atoms with Gasteiger partial charge in [0.1, 0.15) is 5.58 Å². The van der Waals surface area contributed by atoms with Gasteiger partial charge >= 0.3 is 0 Å². The Morgan fingerprint density at radius 3 is 2.73 bits per heavy atom. The van der Waals surface area contributed by atoms with Crippen molar-refractivity contribution in [2.24, 2.45) is 0 Å². The van der Waals surface area contributed by atoms with Crippen molar-refractivity contribution in [1.29, 1.82) is 0 Å². The van der Waals surface area contributed by atoms with Crippen LogP contribution in [0.15, 0.2) is 44.4 Å². The lowest BCUT2D eigenvalue weighted by Crippen LogP contribution is -2.06. The molecular formula is C16H16N2O2S2. The molecule has 1 saturated carbocycles. The van der Waals surface area contributed by atoms with Crippen LogP contribution in [0.5, 0.6) is 0 Å². The van der Waals surface area contributed by atoms with Crippen molar-refractivity contribution in [3.8, 4) is 11.7 Å². The van der Waals surface area contributed by atoms with E-state index in [-0.39, 0.29) is 0 Å². The van der Waals surface area contributed by atoms with Crippen molar-refractivity contribution < 1.29 is 8.83 Å². The third-order valence-corrected chi connectivity index (χ3v) is 6.53. The zero-order valence-electron chi connectivity index (χ0n) is 12.0. The lowest BCUT2D eigenvalue weighted by Gasteiger charge is -2.19. The van der Waals surface area contributed by atoms with E-state index in [9.17, 15) is 0 Å². The molecule has 0 aliphatic heterocycles. The lowest BCUT2D eigenvalue weighted by molar-refractivity contribution is 0.453. The Balaban J connectivity index is 1.46. The Morgan fingerprint density at radius 1 is 1.00 bits per heavy atom. The SMILES string of the molecule is c1ccc2oc(-c3nnc(SSC4CCCCC4)o3)cc2c1. The number of aromatic nitrogens is 2. The van der Waals surface area contributed by atoms with Gasteiger partial charge in [0.2, 0.25) is 0 Å². The van der Waals surface area contributed by atoms with E-state index in [2.05, 4.69) is 10.2 Å². The molecule has 0 radical (unpaired) electrons. The third kappa shape index (κ3) is 3.03. The van der Waals surface area contributed by atoms with E-state index in [0.717, 1.165) is 11.0 Å². The Labute approximate surface area is 136 Å². The molecule has 114 valence electrons. The molecule has 0 atom stereocenters. The molecule has 0 saturated heterocycles. The predicted octanol–water partition coefficient (Wildman–Crippen LogP) is 5.56. The molecule has 0 spiro atoms. The van der Waals surface area contributed by atoms with E-state index >= 15 is 0 Å². The second-order valence-corrected chi connectivity index (χ2v) is 7.91.